The second-order valence-electron chi connectivity index (χ2n) is 7.25. The highest BCUT2D eigenvalue weighted by atomic mass is 16.6. The molecule has 2 heterocycles. The van der Waals surface area contributed by atoms with Crippen molar-refractivity contribution in [2.24, 2.45) is 14.1 Å². The molecule has 0 bridgehead atoms. The molecule has 0 unspecified atom stereocenters. The Labute approximate surface area is 173 Å². The third-order valence-electron chi connectivity index (χ3n) is 5.28. The Morgan fingerprint density at radius 1 is 1.10 bits per heavy atom. The standard InChI is InChI=1S/C19H26N6O5/c1-21-17(13-18(26)22(2)19(21)27)24-9-7-23(8-10-24)6-3-11-30-16-5-4-14(25(28)29)12-15(16)20/h4-5,12-13H,3,6-11,20H2,1-2H3. The Balaban J connectivity index is 1.46. The first-order chi connectivity index (χ1) is 14.3. The van der Waals surface area contributed by atoms with Crippen LogP contribution in [0, 0.1) is 10.1 Å². The van der Waals surface area contributed by atoms with Crippen LogP contribution in [0.4, 0.5) is 17.2 Å². The van der Waals surface area contributed by atoms with E-state index in [0.29, 0.717) is 18.2 Å². The van der Waals surface area contributed by atoms with E-state index in [2.05, 4.69) is 4.90 Å². The van der Waals surface area contributed by atoms with Gasteiger partial charge in [-0.2, -0.15) is 0 Å². The fourth-order valence-electron chi connectivity index (χ4n) is 3.48. The molecular weight excluding hydrogens is 392 g/mol. The van der Waals surface area contributed by atoms with Gasteiger partial charge in [-0.1, -0.05) is 0 Å². The number of nitrogens with zero attached hydrogens (tertiary/aromatic N) is 5. The van der Waals surface area contributed by atoms with Gasteiger partial charge >= 0.3 is 5.69 Å². The Morgan fingerprint density at radius 3 is 2.43 bits per heavy atom. The lowest BCUT2D eigenvalue weighted by atomic mass is 10.2. The molecule has 2 N–H and O–H groups in total. The molecule has 1 saturated heterocycles. The van der Waals surface area contributed by atoms with Gasteiger partial charge in [-0.25, -0.2) is 4.79 Å². The van der Waals surface area contributed by atoms with E-state index in [1.54, 1.807) is 7.05 Å². The van der Waals surface area contributed by atoms with Gasteiger partial charge in [0.1, 0.15) is 11.6 Å². The van der Waals surface area contributed by atoms with Gasteiger partial charge in [0.25, 0.3) is 11.2 Å². The molecule has 0 radical (unpaired) electrons. The van der Waals surface area contributed by atoms with Crippen LogP contribution in [0.3, 0.4) is 0 Å². The molecule has 3 rings (SSSR count). The number of anilines is 2. The van der Waals surface area contributed by atoms with Gasteiger partial charge in [0, 0.05) is 65.0 Å². The summed E-state index contributed by atoms with van der Waals surface area (Å²) < 4.78 is 8.24. The first-order valence-corrected chi connectivity index (χ1v) is 9.69. The van der Waals surface area contributed by atoms with Gasteiger partial charge in [-0.15, -0.1) is 0 Å². The number of nitrogens with two attached hydrogens (primary N) is 1. The minimum absolute atomic E-state index is 0.0634. The zero-order chi connectivity index (χ0) is 21.8. The number of benzene rings is 1. The molecule has 0 amide bonds. The SMILES string of the molecule is Cn1c(N2CCN(CCCOc3ccc([N+](=O)[O-])cc3N)CC2)cc(=O)n(C)c1=O. The van der Waals surface area contributed by atoms with Gasteiger partial charge in [0.15, 0.2) is 0 Å². The lowest BCUT2D eigenvalue weighted by Gasteiger charge is -2.36. The second kappa shape index (κ2) is 8.99. The highest BCUT2D eigenvalue weighted by Crippen LogP contribution is 2.26. The van der Waals surface area contributed by atoms with Crippen LogP contribution in [0.2, 0.25) is 0 Å². The number of rotatable bonds is 7. The summed E-state index contributed by atoms with van der Waals surface area (Å²) in [7, 11) is 3.14. The van der Waals surface area contributed by atoms with E-state index in [4.69, 9.17) is 10.5 Å². The topological polar surface area (TPSA) is 129 Å². The molecule has 1 aliphatic heterocycles. The largest absolute Gasteiger partial charge is 0.491 e. The molecule has 1 aromatic heterocycles. The van der Waals surface area contributed by atoms with Crippen molar-refractivity contribution in [2.75, 3.05) is 50.0 Å². The van der Waals surface area contributed by atoms with Crippen LogP contribution >= 0.6 is 0 Å². The minimum Gasteiger partial charge on any atom is -0.491 e. The van der Waals surface area contributed by atoms with Crippen LogP contribution in [0.25, 0.3) is 0 Å². The van der Waals surface area contributed by atoms with Crippen LogP contribution < -0.4 is 26.6 Å². The van der Waals surface area contributed by atoms with E-state index in [0.717, 1.165) is 43.7 Å². The van der Waals surface area contributed by atoms with Crippen molar-refractivity contribution in [3.8, 4) is 5.75 Å². The number of nitrogen functional groups attached to an aromatic ring is 1. The summed E-state index contributed by atoms with van der Waals surface area (Å²) in [6, 6.07) is 5.67. The lowest BCUT2D eigenvalue weighted by molar-refractivity contribution is -0.384. The van der Waals surface area contributed by atoms with E-state index in [1.807, 2.05) is 4.90 Å². The maximum Gasteiger partial charge on any atom is 0.332 e. The molecule has 30 heavy (non-hydrogen) atoms. The second-order valence-corrected chi connectivity index (χ2v) is 7.25. The van der Waals surface area contributed by atoms with Crippen molar-refractivity contribution in [3.05, 3.63) is 55.2 Å². The third-order valence-corrected chi connectivity index (χ3v) is 5.28. The van der Waals surface area contributed by atoms with Crippen LogP contribution in [-0.2, 0) is 14.1 Å². The molecule has 11 nitrogen and oxygen atoms in total. The molecule has 2 aromatic rings. The number of nitro benzene ring substituents is 1. The average Bonchev–Trinajstić information content (AvgIpc) is 2.73. The summed E-state index contributed by atoms with van der Waals surface area (Å²) in [6.07, 6.45) is 0.779. The van der Waals surface area contributed by atoms with Crippen molar-refractivity contribution in [1.82, 2.24) is 14.0 Å². The smallest absolute Gasteiger partial charge is 0.332 e. The number of ether oxygens (including phenoxy) is 1. The van der Waals surface area contributed by atoms with E-state index in [1.165, 1.54) is 35.9 Å². The molecule has 1 aromatic carbocycles. The van der Waals surface area contributed by atoms with Crippen molar-refractivity contribution in [3.63, 3.8) is 0 Å². The first-order valence-electron chi connectivity index (χ1n) is 9.69. The summed E-state index contributed by atoms with van der Waals surface area (Å²) >= 11 is 0. The Bertz CT molecular complexity index is 1040. The van der Waals surface area contributed by atoms with Crippen LogP contribution in [0.5, 0.6) is 5.75 Å². The van der Waals surface area contributed by atoms with Crippen molar-refractivity contribution < 1.29 is 9.66 Å². The highest BCUT2D eigenvalue weighted by Gasteiger charge is 2.20. The van der Waals surface area contributed by atoms with Gasteiger partial charge in [-0.05, 0) is 12.5 Å². The summed E-state index contributed by atoms with van der Waals surface area (Å²) in [5, 5.41) is 10.7. The van der Waals surface area contributed by atoms with Crippen molar-refractivity contribution in [2.45, 2.75) is 6.42 Å². The number of piperazine rings is 1. The number of non-ortho nitro benzene ring substituents is 1. The predicted octanol–water partition coefficient (Wildman–Crippen LogP) is 0.166. The molecule has 0 spiro atoms. The third kappa shape index (κ3) is 4.62. The van der Waals surface area contributed by atoms with Gasteiger partial charge in [-0.3, -0.25) is 28.9 Å². The maximum atomic E-state index is 12.1. The normalized spacial score (nSPS) is 14.7. The van der Waals surface area contributed by atoms with E-state index < -0.39 is 4.92 Å². The monoisotopic (exact) mass is 418 g/mol. The van der Waals surface area contributed by atoms with Gasteiger partial charge in [0.2, 0.25) is 0 Å². The fraction of sp³-hybridized carbons (Fsp3) is 0.474. The van der Waals surface area contributed by atoms with Crippen molar-refractivity contribution >= 4 is 17.2 Å². The highest BCUT2D eigenvalue weighted by molar-refractivity contribution is 5.58. The summed E-state index contributed by atoms with van der Waals surface area (Å²) in [4.78, 5) is 38.7. The molecule has 162 valence electrons. The summed E-state index contributed by atoms with van der Waals surface area (Å²) in [5.74, 6) is 1.08. The quantitative estimate of drug-likeness (QED) is 0.291. The summed E-state index contributed by atoms with van der Waals surface area (Å²) in [5.41, 5.74) is 5.35. The van der Waals surface area contributed by atoms with E-state index in [9.17, 15) is 19.7 Å². The number of nitro groups is 1. The average molecular weight is 418 g/mol. The summed E-state index contributed by atoms with van der Waals surface area (Å²) in [6.45, 7) is 4.33. The molecule has 0 aliphatic carbocycles. The predicted molar refractivity (Wildman–Crippen MR) is 113 cm³/mol. The first kappa shape index (κ1) is 21.4. The number of hydrogen-bond donors (Lipinski definition) is 1. The Morgan fingerprint density at radius 2 is 1.80 bits per heavy atom. The maximum absolute atomic E-state index is 12.1. The van der Waals surface area contributed by atoms with E-state index >= 15 is 0 Å². The van der Waals surface area contributed by atoms with E-state index in [-0.39, 0.29) is 22.6 Å². The van der Waals surface area contributed by atoms with Crippen LogP contribution in [-0.4, -0.2) is 58.3 Å². The minimum atomic E-state index is -0.495. The van der Waals surface area contributed by atoms with Crippen LogP contribution in [0.15, 0.2) is 33.9 Å². The molecule has 11 heteroatoms. The number of hydrogen-bond acceptors (Lipinski definition) is 8. The van der Waals surface area contributed by atoms with Gasteiger partial charge in [0.05, 0.1) is 17.2 Å². The molecular formula is C19H26N6O5. The fourth-order valence-corrected chi connectivity index (χ4v) is 3.48. The molecule has 1 fully saturated rings. The molecule has 0 atom stereocenters. The zero-order valence-electron chi connectivity index (χ0n) is 17.1. The Kier molecular flexibility index (Phi) is 6.40. The molecule has 1 aliphatic rings. The van der Waals surface area contributed by atoms with Gasteiger partial charge < -0.3 is 15.4 Å². The van der Waals surface area contributed by atoms with Crippen LogP contribution in [0.1, 0.15) is 6.42 Å². The Hall–Kier alpha value is -3.34. The molecule has 0 saturated carbocycles. The zero-order valence-corrected chi connectivity index (χ0v) is 17.1. The lowest BCUT2D eigenvalue weighted by Crippen LogP contribution is -2.49. The van der Waals surface area contributed by atoms with Crippen molar-refractivity contribution in [1.29, 1.82) is 0 Å². The number of aromatic nitrogens is 2.